The van der Waals surface area contributed by atoms with Gasteiger partial charge in [0.05, 0.1) is 4.92 Å². The van der Waals surface area contributed by atoms with E-state index < -0.39 is 4.92 Å². The number of nitrogens with zero attached hydrogens (tertiary/aromatic N) is 2. The molecule has 0 unspecified atom stereocenters. The van der Waals surface area contributed by atoms with Gasteiger partial charge in [0.15, 0.2) is 0 Å². The zero-order chi connectivity index (χ0) is 17.6. The summed E-state index contributed by atoms with van der Waals surface area (Å²) in [6, 6.07) is 5.87. The van der Waals surface area contributed by atoms with E-state index in [-0.39, 0.29) is 23.2 Å². The number of fused-ring (bicyclic) bond motifs is 2. The van der Waals surface area contributed by atoms with E-state index in [4.69, 9.17) is 0 Å². The lowest BCUT2D eigenvalue weighted by atomic mass is 9.73. The van der Waals surface area contributed by atoms with Crippen molar-refractivity contribution in [3.8, 4) is 0 Å². The molecule has 0 radical (unpaired) electrons. The number of nitro benzene ring substituents is 1. The Balaban J connectivity index is 1.53. The molecule has 1 N–H and O–H groups in total. The number of hydrogen-bond acceptors (Lipinski definition) is 4. The quantitative estimate of drug-likeness (QED) is 0.674. The number of piperidine rings is 1. The molecule has 0 spiro atoms. The molecule has 1 aromatic carbocycles. The smallest absolute Gasteiger partial charge is 0.285 e. The van der Waals surface area contributed by atoms with E-state index in [1.807, 2.05) is 0 Å². The standard InChI is InChI=1S/C19H25N3O3/c1-12-4-2-7-16(18(12)22(24)25)19(23)20-17-13-5-3-6-14(17)11-21(10-13)15-8-9-15/h2,4,7,13-15,17H,3,5-6,8-11H2,1H3,(H,20,23)/t13-,14-/m0/s1. The van der Waals surface area contributed by atoms with Gasteiger partial charge in [-0.15, -0.1) is 0 Å². The number of hydrogen-bond donors (Lipinski definition) is 1. The van der Waals surface area contributed by atoms with Gasteiger partial charge in [0, 0.05) is 30.7 Å². The molecule has 1 aromatic rings. The second-order valence-electron chi connectivity index (χ2n) is 7.86. The van der Waals surface area contributed by atoms with Crippen LogP contribution in [0.2, 0.25) is 0 Å². The summed E-state index contributed by atoms with van der Waals surface area (Å²) in [7, 11) is 0. The van der Waals surface area contributed by atoms with Gasteiger partial charge in [0.25, 0.3) is 11.6 Å². The minimum atomic E-state index is -0.444. The molecule has 2 saturated carbocycles. The largest absolute Gasteiger partial charge is 0.348 e. The van der Waals surface area contributed by atoms with Crippen molar-refractivity contribution >= 4 is 11.6 Å². The summed E-state index contributed by atoms with van der Waals surface area (Å²) in [6.45, 7) is 3.79. The summed E-state index contributed by atoms with van der Waals surface area (Å²) in [5.41, 5.74) is 0.648. The predicted molar refractivity (Wildman–Crippen MR) is 94.5 cm³/mol. The van der Waals surface area contributed by atoms with E-state index in [9.17, 15) is 14.9 Å². The number of benzene rings is 1. The molecule has 6 nitrogen and oxygen atoms in total. The molecule has 2 atom stereocenters. The normalized spacial score (nSPS) is 29.2. The van der Waals surface area contributed by atoms with Gasteiger partial charge in [-0.25, -0.2) is 0 Å². The van der Waals surface area contributed by atoms with E-state index in [1.165, 1.54) is 19.3 Å². The second-order valence-corrected chi connectivity index (χ2v) is 7.86. The summed E-state index contributed by atoms with van der Waals surface area (Å²) < 4.78 is 0. The van der Waals surface area contributed by atoms with Crippen LogP contribution in [0.15, 0.2) is 18.2 Å². The number of carbonyl (C=O) groups is 1. The Morgan fingerprint density at radius 3 is 2.48 bits per heavy atom. The lowest BCUT2D eigenvalue weighted by Crippen LogP contribution is -2.58. The van der Waals surface area contributed by atoms with E-state index in [1.54, 1.807) is 25.1 Å². The van der Waals surface area contributed by atoms with E-state index in [0.29, 0.717) is 17.4 Å². The van der Waals surface area contributed by atoms with Crippen molar-refractivity contribution in [2.45, 2.75) is 51.1 Å². The Morgan fingerprint density at radius 1 is 1.20 bits per heavy atom. The lowest BCUT2D eigenvalue weighted by molar-refractivity contribution is -0.385. The molecule has 25 heavy (non-hydrogen) atoms. The van der Waals surface area contributed by atoms with Crippen molar-refractivity contribution in [2.75, 3.05) is 13.1 Å². The van der Waals surface area contributed by atoms with Gasteiger partial charge in [-0.3, -0.25) is 19.8 Å². The zero-order valence-electron chi connectivity index (χ0n) is 14.6. The lowest BCUT2D eigenvalue weighted by Gasteiger charge is -2.47. The molecule has 0 aromatic heterocycles. The Labute approximate surface area is 147 Å². The Hall–Kier alpha value is -1.95. The number of nitrogens with one attached hydrogen (secondary N) is 1. The molecule has 6 heteroatoms. The van der Waals surface area contributed by atoms with Gasteiger partial charge >= 0.3 is 0 Å². The molecule has 1 saturated heterocycles. The van der Waals surface area contributed by atoms with Crippen LogP contribution in [0, 0.1) is 28.9 Å². The minimum Gasteiger partial charge on any atom is -0.348 e. The maximum absolute atomic E-state index is 12.8. The van der Waals surface area contributed by atoms with Crippen molar-refractivity contribution in [2.24, 2.45) is 11.8 Å². The number of para-hydroxylation sites is 1. The van der Waals surface area contributed by atoms with Gasteiger partial charge in [-0.2, -0.15) is 0 Å². The number of nitro groups is 1. The van der Waals surface area contributed by atoms with Crippen LogP contribution in [0.1, 0.15) is 48.0 Å². The first-order valence-corrected chi connectivity index (χ1v) is 9.33. The Kier molecular flexibility index (Phi) is 4.23. The van der Waals surface area contributed by atoms with Gasteiger partial charge in [-0.1, -0.05) is 18.6 Å². The first-order valence-electron chi connectivity index (χ1n) is 9.33. The Morgan fingerprint density at radius 2 is 1.88 bits per heavy atom. The summed E-state index contributed by atoms with van der Waals surface area (Å²) in [6.07, 6.45) is 6.13. The van der Waals surface area contributed by atoms with Crippen LogP contribution in [0.3, 0.4) is 0 Å². The van der Waals surface area contributed by atoms with Crippen LogP contribution < -0.4 is 5.32 Å². The Bertz CT molecular complexity index is 687. The van der Waals surface area contributed by atoms with Crippen LogP contribution >= 0.6 is 0 Å². The monoisotopic (exact) mass is 343 g/mol. The number of amides is 1. The van der Waals surface area contributed by atoms with Crippen molar-refractivity contribution in [3.05, 3.63) is 39.4 Å². The van der Waals surface area contributed by atoms with Crippen LogP contribution in [-0.4, -0.2) is 40.9 Å². The molecular formula is C19H25N3O3. The molecule has 1 heterocycles. The maximum Gasteiger partial charge on any atom is 0.285 e. The minimum absolute atomic E-state index is 0.0689. The van der Waals surface area contributed by atoms with Gasteiger partial charge in [0.2, 0.25) is 0 Å². The molecule has 2 aliphatic carbocycles. The average molecular weight is 343 g/mol. The molecule has 3 aliphatic rings. The number of carbonyl (C=O) groups excluding carboxylic acids is 1. The third kappa shape index (κ3) is 3.15. The number of aryl methyl sites for hydroxylation is 1. The first kappa shape index (κ1) is 16.5. The molecule has 3 fully saturated rings. The molecule has 1 amide bonds. The van der Waals surface area contributed by atoms with Crippen LogP contribution in [0.5, 0.6) is 0 Å². The molecular weight excluding hydrogens is 318 g/mol. The van der Waals surface area contributed by atoms with Crippen molar-refractivity contribution in [1.29, 1.82) is 0 Å². The van der Waals surface area contributed by atoms with Crippen LogP contribution in [0.25, 0.3) is 0 Å². The summed E-state index contributed by atoms with van der Waals surface area (Å²) in [5, 5.41) is 14.5. The highest BCUT2D eigenvalue weighted by molar-refractivity contribution is 5.98. The fourth-order valence-corrected chi connectivity index (χ4v) is 4.76. The highest BCUT2D eigenvalue weighted by atomic mass is 16.6. The predicted octanol–water partition coefficient (Wildman–Crippen LogP) is 2.90. The van der Waals surface area contributed by atoms with Gasteiger partial charge < -0.3 is 5.32 Å². The SMILES string of the molecule is Cc1cccc(C(=O)NC2[C@H]3CCC[C@H]2CN(C2CC2)C3)c1[N+](=O)[O-]. The van der Waals surface area contributed by atoms with E-state index in [2.05, 4.69) is 10.2 Å². The molecule has 1 aliphatic heterocycles. The zero-order valence-corrected chi connectivity index (χ0v) is 14.6. The van der Waals surface area contributed by atoms with Gasteiger partial charge in [-0.05, 0) is 50.5 Å². The second kappa shape index (κ2) is 6.41. The molecule has 2 bridgehead atoms. The molecule has 4 rings (SSSR count). The average Bonchev–Trinajstić information content (AvgIpc) is 3.38. The third-order valence-electron chi connectivity index (χ3n) is 6.13. The fraction of sp³-hybridized carbons (Fsp3) is 0.632. The van der Waals surface area contributed by atoms with Gasteiger partial charge in [0.1, 0.15) is 5.56 Å². The third-order valence-corrected chi connectivity index (χ3v) is 6.13. The van der Waals surface area contributed by atoms with Crippen molar-refractivity contribution in [1.82, 2.24) is 10.2 Å². The van der Waals surface area contributed by atoms with Crippen LogP contribution in [0.4, 0.5) is 5.69 Å². The topological polar surface area (TPSA) is 75.5 Å². The summed E-state index contributed by atoms with van der Waals surface area (Å²) >= 11 is 0. The number of rotatable bonds is 4. The highest BCUT2D eigenvalue weighted by Gasteiger charge is 2.44. The van der Waals surface area contributed by atoms with E-state index in [0.717, 1.165) is 32.0 Å². The summed E-state index contributed by atoms with van der Waals surface area (Å²) in [4.78, 5) is 26.4. The maximum atomic E-state index is 12.8. The summed E-state index contributed by atoms with van der Waals surface area (Å²) in [5.74, 6) is 0.652. The highest BCUT2D eigenvalue weighted by Crippen LogP contribution is 2.39. The van der Waals surface area contributed by atoms with Crippen molar-refractivity contribution < 1.29 is 9.72 Å². The van der Waals surface area contributed by atoms with Crippen molar-refractivity contribution in [3.63, 3.8) is 0 Å². The molecule has 134 valence electrons. The fourth-order valence-electron chi connectivity index (χ4n) is 4.76. The number of likely N-dealkylation sites (tertiary alicyclic amines) is 1. The van der Waals surface area contributed by atoms with Crippen LogP contribution in [-0.2, 0) is 0 Å². The first-order chi connectivity index (χ1) is 12.0. The van der Waals surface area contributed by atoms with E-state index >= 15 is 0 Å².